The summed E-state index contributed by atoms with van der Waals surface area (Å²) in [6.07, 6.45) is 0.836. The van der Waals surface area contributed by atoms with Gasteiger partial charge in [-0.05, 0) is 11.6 Å². The summed E-state index contributed by atoms with van der Waals surface area (Å²) in [7, 11) is 0. The van der Waals surface area contributed by atoms with E-state index in [9.17, 15) is 9.59 Å². The van der Waals surface area contributed by atoms with Crippen molar-refractivity contribution in [1.29, 1.82) is 0 Å². The molecule has 98 valence electrons. The first-order valence-electron chi connectivity index (χ1n) is 5.21. The number of rotatable bonds is 4. The van der Waals surface area contributed by atoms with E-state index < -0.39 is 30.4 Å². The number of hydrogen-bond donors (Lipinski definition) is 0. The molecule has 0 amide bonds. The van der Waals surface area contributed by atoms with Gasteiger partial charge in [-0.3, -0.25) is 9.59 Å². The maximum Gasteiger partial charge on any atom is 0.303 e. The third-order valence-corrected chi connectivity index (χ3v) is 2.06. The Morgan fingerprint density at radius 2 is 2.11 bits per heavy atom. The van der Waals surface area contributed by atoms with E-state index in [-0.39, 0.29) is 6.61 Å². The van der Waals surface area contributed by atoms with Crippen molar-refractivity contribution in [3.05, 3.63) is 22.6 Å². The Kier molecular flexibility index (Phi) is 5.16. The summed E-state index contributed by atoms with van der Waals surface area (Å²) in [6.45, 7) is 2.43. The molecule has 0 fully saturated rings. The van der Waals surface area contributed by atoms with E-state index in [1.54, 1.807) is 6.08 Å². The summed E-state index contributed by atoms with van der Waals surface area (Å²) in [5.41, 5.74) is 8.31. The van der Waals surface area contributed by atoms with Gasteiger partial charge in [0.05, 0.1) is 0 Å². The highest BCUT2D eigenvalue weighted by Crippen LogP contribution is 2.17. The van der Waals surface area contributed by atoms with Gasteiger partial charge in [-0.15, -0.1) is 0 Å². The predicted octanol–water partition coefficient (Wildman–Crippen LogP) is 1.07. The van der Waals surface area contributed by atoms with Crippen LogP contribution in [-0.4, -0.2) is 37.0 Å². The van der Waals surface area contributed by atoms with Gasteiger partial charge in [-0.1, -0.05) is 11.2 Å². The zero-order valence-corrected chi connectivity index (χ0v) is 9.98. The van der Waals surface area contributed by atoms with Crippen LogP contribution in [-0.2, 0) is 23.8 Å². The third-order valence-electron chi connectivity index (χ3n) is 2.06. The molecule has 0 aromatic heterocycles. The van der Waals surface area contributed by atoms with Gasteiger partial charge in [0.1, 0.15) is 18.8 Å². The number of esters is 2. The molecule has 1 rings (SSSR count). The van der Waals surface area contributed by atoms with Crippen LogP contribution in [0.3, 0.4) is 0 Å². The molecule has 1 aliphatic heterocycles. The molecular weight excluding hydrogens is 242 g/mol. The lowest BCUT2D eigenvalue weighted by molar-refractivity contribution is -0.163. The normalized spacial score (nSPS) is 26.0. The van der Waals surface area contributed by atoms with E-state index in [1.807, 2.05) is 0 Å². The molecule has 8 heteroatoms. The quantitative estimate of drug-likeness (QED) is 0.245. The lowest BCUT2D eigenvalue weighted by atomic mass is 10.1. The molecule has 0 bridgehead atoms. The Morgan fingerprint density at radius 1 is 1.39 bits per heavy atom. The lowest BCUT2D eigenvalue weighted by Crippen LogP contribution is -2.40. The summed E-state index contributed by atoms with van der Waals surface area (Å²) in [6, 6.07) is 0. The van der Waals surface area contributed by atoms with E-state index in [0.717, 1.165) is 0 Å². The monoisotopic (exact) mass is 255 g/mol. The molecular formula is C10H13N3O5. The molecule has 0 aromatic rings. The highest BCUT2D eigenvalue weighted by molar-refractivity contribution is 5.66. The Morgan fingerprint density at radius 3 is 2.67 bits per heavy atom. The molecule has 3 atom stereocenters. The van der Waals surface area contributed by atoms with E-state index in [0.29, 0.717) is 0 Å². The molecule has 0 N–H and O–H groups in total. The zero-order valence-electron chi connectivity index (χ0n) is 9.98. The lowest BCUT2D eigenvalue weighted by Gasteiger charge is -2.29. The standard InChI is InChI=1S/C10H13N3O5/c1-6(14)16-5-9-8(17-7(2)15)3-4-10(18-9)12-13-11/h3-4,8-10H,5H2,1-2H3/t8-,9+,10?/m0/s1. The number of nitrogens with zero attached hydrogens (tertiary/aromatic N) is 3. The fourth-order valence-corrected chi connectivity index (χ4v) is 1.39. The van der Waals surface area contributed by atoms with Crippen LogP contribution in [0.5, 0.6) is 0 Å². The smallest absolute Gasteiger partial charge is 0.303 e. The average Bonchev–Trinajstić information content (AvgIpc) is 2.28. The molecule has 1 unspecified atom stereocenters. The van der Waals surface area contributed by atoms with Crippen LogP contribution in [0.1, 0.15) is 13.8 Å². The van der Waals surface area contributed by atoms with Crippen molar-refractivity contribution in [2.24, 2.45) is 5.11 Å². The van der Waals surface area contributed by atoms with E-state index in [1.165, 1.54) is 19.9 Å². The molecule has 8 nitrogen and oxygen atoms in total. The first-order chi connectivity index (χ1) is 8.52. The van der Waals surface area contributed by atoms with Crippen LogP contribution in [0.2, 0.25) is 0 Å². The fraction of sp³-hybridized carbons (Fsp3) is 0.600. The molecule has 1 heterocycles. The second-order valence-corrected chi connectivity index (χ2v) is 3.53. The summed E-state index contributed by atoms with van der Waals surface area (Å²) in [5, 5.41) is 3.37. The van der Waals surface area contributed by atoms with E-state index in [2.05, 4.69) is 10.0 Å². The molecule has 0 radical (unpaired) electrons. The van der Waals surface area contributed by atoms with Crippen molar-refractivity contribution in [2.45, 2.75) is 32.3 Å². The molecule has 1 aliphatic rings. The van der Waals surface area contributed by atoms with Gasteiger partial charge in [0, 0.05) is 18.8 Å². The van der Waals surface area contributed by atoms with Crippen LogP contribution in [0.15, 0.2) is 17.3 Å². The van der Waals surface area contributed by atoms with Gasteiger partial charge >= 0.3 is 11.9 Å². The SMILES string of the molecule is CC(=O)OC[C@H]1OC(N=[N+]=[N-])C=C[C@@H]1OC(C)=O. The maximum absolute atomic E-state index is 10.9. The van der Waals surface area contributed by atoms with Crippen LogP contribution in [0.4, 0.5) is 0 Å². The average molecular weight is 255 g/mol. The summed E-state index contributed by atoms with van der Waals surface area (Å²) < 4.78 is 15.1. The topological polar surface area (TPSA) is 111 Å². The van der Waals surface area contributed by atoms with Crippen molar-refractivity contribution in [3.63, 3.8) is 0 Å². The van der Waals surface area contributed by atoms with Crippen LogP contribution >= 0.6 is 0 Å². The van der Waals surface area contributed by atoms with E-state index in [4.69, 9.17) is 19.7 Å². The second kappa shape index (κ2) is 6.63. The summed E-state index contributed by atoms with van der Waals surface area (Å²) in [4.78, 5) is 24.2. The number of hydrogen-bond acceptors (Lipinski definition) is 6. The second-order valence-electron chi connectivity index (χ2n) is 3.53. The van der Waals surface area contributed by atoms with Crippen LogP contribution in [0.25, 0.3) is 10.4 Å². The van der Waals surface area contributed by atoms with E-state index >= 15 is 0 Å². The largest absolute Gasteiger partial charge is 0.463 e. The first kappa shape index (κ1) is 14.0. The van der Waals surface area contributed by atoms with Gasteiger partial charge in [0.25, 0.3) is 0 Å². The first-order valence-corrected chi connectivity index (χ1v) is 5.21. The predicted molar refractivity (Wildman–Crippen MR) is 59.1 cm³/mol. The fourth-order valence-electron chi connectivity index (χ4n) is 1.39. The number of azide groups is 1. The minimum atomic E-state index is -0.803. The Labute approximate surface area is 103 Å². The summed E-state index contributed by atoms with van der Waals surface area (Å²) >= 11 is 0. The number of carbonyl (C=O) groups excluding carboxylic acids is 2. The molecule has 0 saturated carbocycles. The highest BCUT2D eigenvalue weighted by atomic mass is 16.6. The minimum absolute atomic E-state index is 0.0882. The van der Waals surface area contributed by atoms with Crippen molar-refractivity contribution >= 4 is 11.9 Å². The van der Waals surface area contributed by atoms with Crippen molar-refractivity contribution in [3.8, 4) is 0 Å². The molecule has 0 aliphatic carbocycles. The number of ether oxygens (including phenoxy) is 3. The number of carbonyl (C=O) groups is 2. The van der Waals surface area contributed by atoms with Crippen LogP contribution in [0, 0.1) is 0 Å². The highest BCUT2D eigenvalue weighted by Gasteiger charge is 2.30. The van der Waals surface area contributed by atoms with Gasteiger partial charge in [0.15, 0.2) is 6.23 Å². The van der Waals surface area contributed by atoms with Gasteiger partial charge < -0.3 is 14.2 Å². The van der Waals surface area contributed by atoms with Crippen molar-refractivity contribution in [2.75, 3.05) is 6.61 Å². The summed E-state index contributed by atoms with van der Waals surface area (Å²) in [5.74, 6) is -0.960. The Balaban J connectivity index is 2.71. The molecule has 18 heavy (non-hydrogen) atoms. The van der Waals surface area contributed by atoms with Crippen molar-refractivity contribution < 1.29 is 23.8 Å². The minimum Gasteiger partial charge on any atom is -0.463 e. The van der Waals surface area contributed by atoms with Crippen molar-refractivity contribution in [1.82, 2.24) is 0 Å². The Hall–Kier alpha value is -2.05. The Bertz CT molecular complexity index is 402. The zero-order chi connectivity index (χ0) is 13.5. The maximum atomic E-state index is 10.9. The molecule has 0 saturated heterocycles. The van der Waals surface area contributed by atoms with Gasteiger partial charge in [-0.25, -0.2) is 0 Å². The molecule has 0 aromatic carbocycles. The van der Waals surface area contributed by atoms with Gasteiger partial charge in [0.2, 0.25) is 0 Å². The molecule has 0 spiro atoms. The third kappa shape index (κ3) is 4.44. The van der Waals surface area contributed by atoms with Gasteiger partial charge in [-0.2, -0.15) is 0 Å². The van der Waals surface area contributed by atoms with Crippen LogP contribution < -0.4 is 0 Å².